The first kappa shape index (κ1) is 14.5. The number of carbonyl (C=O) groups excluding carboxylic acids is 2. The number of methoxy groups -OCH3 is 1. The fraction of sp³-hybridized carbons (Fsp3) is 0.133. The number of nitrogens with one attached hydrogen (secondary N) is 2. The molecule has 0 saturated carbocycles. The van der Waals surface area contributed by atoms with Crippen LogP contribution >= 0.6 is 0 Å². The first-order chi connectivity index (χ1) is 10.1. The molecule has 1 aromatic heterocycles. The van der Waals surface area contributed by atoms with Crippen molar-refractivity contribution in [2.75, 3.05) is 17.7 Å². The first-order valence-corrected chi connectivity index (χ1v) is 6.28. The summed E-state index contributed by atoms with van der Waals surface area (Å²) in [6.07, 6.45) is 1.54. The predicted molar refractivity (Wildman–Crippen MR) is 79.2 cm³/mol. The second-order valence-corrected chi connectivity index (χ2v) is 4.31. The van der Waals surface area contributed by atoms with E-state index in [1.807, 2.05) is 0 Å². The Hall–Kier alpha value is -2.89. The Kier molecular flexibility index (Phi) is 4.50. The normalized spacial score (nSPS) is 9.81. The van der Waals surface area contributed by atoms with Gasteiger partial charge in [0.1, 0.15) is 11.6 Å². The molecule has 1 heterocycles. The highest BCUT2D eigenvalue weighted by Gasteiger charge is 2.15. The highest BCUT2D eigenvalue weighted by Crippen LogP contribution is 2.16. The van der Waals surface area contributed by atoms with E-state index in [-0.39, 0.29) is 0 Å². The molecule has 0 unspecified atom stereocenters. The van der Waals surface area contributed by atoms with E-state index >= 15 is 0 Å². The minimum Gasteiger partial charge on any atom is -0.497 e. The summed E-state index contributed by atoms with van der Waals surface area (Å²) in [6.45, 7) is 1.79. The van der Waals surface area contributed by atoms with E-state index in [0.29, 0.717) is 17.3 Å². The van der Waals surface area contributed by atoms with Gasteiger partial charge in [0.25, 0.3) is 0 Å². The van der Waals surface area contributed by atoms with Crippen LogP contribution in [0, 0.1) is 6.92 Å². The lowest BCUT2D eigenvalue weighted by Crippen LogP contribution is -2.29. The molecular weight excluding hydrogens is 270 g/mol. The zero-order valence-electron chi connectivity index (χ0n) is 11.7. The number of ether oxygens (including phenoxy) is 1. The molecule has 108 valence electrons. The van der Waals surface area contributed by atoms with Crippen LogP contribution in [0.25, 0.3) is 0 Å². The van der Waals surface area contributed by atoms with Gasteiger partial charge < -0.3 is 15.4 Å². The van der Waals surface area contributed by atoms with Gasteiger partial charge in [-0.3, -0.25) is 9.59 Å². The molecule has 0 aliphatic heterocycles. The Morgan fingerprint density at radius 2 is 1.86 bits per heavy atom. The van der Waals surface area contributed by atoms with E-state index in [9.17, 15) is 9.59 Å². The Morgan fingerprint density at radius 1 is 1.10 bits per heavy atom. The molecule has 2 rings (SSSR count). The van der Waals surface area contributed by atoms with Crippen molar-refractivity contribution in [1.82, 2.24) is 4.98 Å². The van der Waals surface area contributed by atoms with Crippen molar-refractivity contribution in [3.63, 3.8) is 0 Å². The Labute approximate surface area is 122 Å². The number of benzene rings is 1. The number of nitrogens with zero attached hydrogens (tertiary/aromatic N) is 1. The number of aryl methyl sites for hydroxylation is 1. The largest absolute Gasteiger partial charge is 0.497 e. The molecule has 0 spiro atoms. The zero-order chi connectivity index (χ0) is 15.2. The Balaban J connectivity index is 2.03. The van der Waals surface area contributed by atoms with Crippen LogP contribution in [0.1, 0.15) is 5.56 Å². The van der Waals surface area contributed by atoms with Crippen molar-refractivity contribution in [3.8, 4) is 5.75 Å². The lowest BCUT2D eigenvalue weighted by Gasteiger charge is -2.08. The number of carbonyl (C=O) groups is 2. The second kappa shape index (κ2) is 6.51. The molecule has 0 aliphatic rings. The summed E-state index contributed by atoms with van der Waals surface area (Å²) in [6, 6.07) is 10.3. The molecule has 2 aromatic rings. The maximum Gasteiger partial charge on any atom is 0.315 e. The minimum atomic E-state index is -0.778. The number of pyridine rings is 1. The molecule has 0 fully saturated rings. The summed E-state index contributed by atoms with van der Waals surface area (Å²) in [5.41, 5.74) is 1.26. The summed E-state index contributed by atoms with van der Waals surface area (Å²) in [4.78, 5) is 27.7. The van der Waals surface area contributed by atoms with Crippen LogP contribution in [0.15, 0.2) is 42.6 Å². The van der Waals surface area contributed by atoms with Gasteiger partial charge in [0.2, 0.25) is 0 Å². The summed E-state index contributed by atoms with van der Waals surface area (Å²) < 4.78 is 5.05. The predicted octanol–water partition coefficient (Wildman–Crippen LogP) is 1.98. The van der Waals surface area contributed by atoms with Gasteiger partial charge in [0, 0.05) is 18.0 Å². The van der Waals surface area contributed by atoms with Crippen molar-refractivity contribution < 1.29 is 14.3 Å². The third-order valence-electron chi connectivity index (χ3n) is 2.78. The topological polar surface area (TPSA) is 80.3 Å². The van der Waals surface area contributed by atoms with Gasteiger partial charge in [-0.2, -0.15) is 0 Å². The molecule has 0 bridgehead atoms. The van der Waals surface area contributed by atoms with Gasteiger partial charge in [-0.25, -0.2) is 4.98 Å². The SMILES string of the molecule is COc1cccc(NC(=O)C(=O)Nc2ncccc2C)c1. The zero-order valence-corrected chi connectivity index (χ0v) is 11.7. The van der Waals surface area contributed by atoms with Crippen LogP contribution in [0.5, 0.6) is 5.75 Å². The molecule has 2 amide bonds. The third-order valence-corrected chi connectivity index (χ3v) is 2.78. The van der Waals surface area contributed by atoms with Crippen molar-refractivity contribution in [2.24, 2.45) is 0 Å². The smallest absolute Gasteiger partial charge is 0.315 e. The molecule has 21 heavy (non-hydrogen) atoms. The summed E-state index contributed by atoms with van der Waals surface area (Å²) >= 11 is 0. The average molecular weight is 285 g/mol. The van der Waals surface area contributed by atoms with Crippen molar-refractivity contribution in [3.05, 3.63) is 48.2 Å². The number of rotatable bonds is 3. The van der Waals surface area contributed by atoms with E-state index in [4.69, 9.17) is 4.74 Å². The maximum atomic E-state index is 11.8. The van der Waals surface area contributed by atoms with Gasteiger partial charge >= 0.3 is 11.8 Å². The molecule has 0 aliphatic carbocycles. The lowest BCUT2D eigenvalue weighted by atomic mass is 10.3. The van der Waals surface area contributed by atoms with Gasteiger partial charge in [-0.05, 0) is 30.7 Å². The third kappa shape index (κ3) is 3.79. The molecule has 0 radical (unpaired) electrons. The molecule has 6 nitrogen and oxygen atoms in total. The first-order valence-electron chi connectivity index (χ1n) is 6.28. The second-order valence-electron chi connectivity index (χ2n) is 4.31. The number of hydrogen-bond acceptors (Lipinski definition) is 4. The van der Waals surface area contributed by atoms with Crippen molar-refractivity contribution in [2.45, 2.75) is 6.92 Å². The van der Waals surface area contributed by atoms with Gasteiger partial charge in [-0.1, -0.05) is 12.1 Å². The van der Waals surface area contributed by atoms with E-state index in [0.717, 1.165) is 5.56 Å². The fourth-order valence-electron chi connectivity index (χ4n) is 1.67. The Morgan fingerprint density at radius 3 is 2.57 bits per heavy atom. The van der Waals surface area contributed by atoms with Crippen LogP contribution in [0.2, 0.25) is 0 Å². The highest BCUT2D eigenvalue weighted by molar-refractivity contribution is 6.43. The monoisotopic (exact) mass is 285 g/mol. The summed E-state index contributed by atoms with van der Waals surface area (Å²) in [7, 11) is 1.53. The standard InChI is InChI=1S/C15H15N3O3/c1-10-5-4-8-16-13(10)18-15(20)14(19)17-11-6-3-7-12(9-11)21-2/h3-9H,1-2H3,(H,17,19)(H,16,18,20). The molecule has 0 saturated heterocycles. The molecule has 0 atom stereocenters. The lowest BCUT2D eigenvalue weighted by molar-refractivity contribution is -0.133. The van der Waals surface area contributed by atoms with Crippen LogP contribution in [-0.4, -0.2) is 23.9 Å². The molecular formula is C15H15N3O3. The van der Waals surface area contributed by atoms with Gasteiger partial charge in [0.15, 0.2) is 0 Å². The number of aromatic nitrogens is 1. The molecule has 6 heteroatoms. The quantitative estimate of drug-likeness (QED) is 0.845. The van der Waals surface area contributed by atoms with Crippen LogP contribution in [0.3, 0.4) is 0 Å². The Bertz CT molecular complexity index is 671. The number of anilines is 2. The van der Waals surface area contributed by atoms with Crippen LogP contribution in [0.4, 0.5) is 11.5 Å². The van der Waals surface area contributed by atoms with Gasteiger partial charge in [0.05, 0.1) is 7.11 Å². The number of hydrogen-bond donors (Lipinski definition) is 2. The van der Waals surface area contributed by atoms with E-state index in [1.165, 1.54) is 7.11 Å². The maximum absolute atomic E-state index is 11.8. The summed E-state index contributed by atoms with van der Waals surface area (Å²) in [5.74, 6) is -0.593. The van der Waals surface area contributed by atoms with E-state index in [2.05, 4.69) is 15.6 Å². The van der Waals surface area contributed by atoms with Gasteiger partial charge in [-0.15, -0.1) is 0 Å². The van der Waals surface area contributed by atoms with Crippen LogP contribution in [-0.2, 0) is 9.59 Å². The van der Waals surface area contributed by atoms with E-state index < -0.39 is 11.8 Å². The van der Waals surface area contributed by atoms with Crippen LogP contribution < -0.4 is 15.4 Å². The van der Waals surface area contributed by atoms with Crippen molar-refractivity contribution >= 4 is 23.3 Å². The fourth-order valence-corrected chi connectivity index (χ4v) is 1.67. The number of amides is 2. The summed E-state index contributed by atoms with van der Waals surface area (Å²) in [5, 5.41) is 4.96. The molecule has 1 aromatic carbocycles. The highest BCUT2D eigenvalue weighted by atomic mass is 16.5. The average Bonchev–Trinajstić information content (AvgIpc) is 2.49. The van der Waals surface area contributed by atoms with Crippen molar-refractivity contribution in [1.29, 1.82) is 0 Å². The molecule has 2 N–H and O–H groups in total. The van der Waals surface area contributed by atoms with E-state index in [1.54, 1.807) is 49.5 Å². The minimum absolute atomic E-state index is 0.364.